The second kappa shape index (κ2) is 14.6. The first-order valence-electron chi connectivity index (χ1n) is 23.2. The summed E-state index contributed by atoms with van der Waals surface area (Å²) < 4.78 is 15.8. The molecule has 0 N–H and O–H groups in total. The normalized spacial score (nSPS) is 12.1. The van der Waals surface area contributed by atoms with E-state index in [4.69, 9.17) is 23.8 Å². The van der Waals surface area contributed by atoms with Crippen LogP contribution in [0.2, 0.25) is 0 Å². The molecular weight excluding hydrogens is 845 g/mol. The Labute approximate surface area is 394 Å². The van der Waals surface area contributed by atoms with Crippen LogP contribution in [0.4, 0.5) is 0 Å². The molecule has 6 heteroatoms. The van der Waals surface area contributed by atoms with Gasteiger partial charge in [-0.05, 0) is 86.6 Å². The first-order valence-corrected chi connectivity index (χ1v) is 23.2. The lowest BCUT2D eigenvalue weighted by Crippen LogP contribution is -2.00. The van der Waals surface area contributed by atoms with Gasteiger partial charge >= 0.3 is 0 Å². The SMILES string of the molecule is c1ccc(-c2ccc(-c3nc(-c4cccc5c4oc4ccccc45)nc(-c4cccc5oc6ccc7ccc(-n8c9cc%10ccccc%10cc9c9ccc%10ccccc%10c98)cc7c6c45)n3)cc2)cc1. The Bertz CT molecular complexity index is 4600. The second-order valence-corrected chi connectivity index (χ2v) is 17.9. The van der Waals surface area contributed by atoms with Gasteiger partial charge in [-0.2, -0.15) is 0 Å². The first kappa shape index (κ1) is 37.8. The fraction of sp³-hybridized carbons (Fsp3) is 0. The maximum atomic E-state index is 6.78. The maximum Gasteiger partial charge on any atom is 0.167 e. The van der Waals surface area contributed by atoms with Crippen LogP contribution in [0, 0.1) is 0 Å². The Hall–Kier alpha value is -9.39. The molecule has 0 unspecified atom stereocenters. The summed E-state index contributed by atoms with van der Waals surface area (Å²) in [5.41, 5.74) is 11.3. The van der Waals surface area contributed by atoms with Crippen LogP contribution < -0.4 is 0 Å². The van der Waals surface area contributed by atoms with Gasteiger partial charge in [0, 0.05) is 54.5 Å². The lowest BCUT2D eigenvalue weighted by molar-refractivity contribution is 0.669. The minimum absolute atomic E-state index is 0.523. The molecular formula is C63H36N4O2. The standard InChI is InChI=1S/C63H36N4O2/c1-2-12-37(13-3-1)38-24-26-41(27-25-38)61-64-62(66-63(65-61)50-21-10-19-48-46-18-8-9-22-54(46)69-60(48)50)49-20-11-23-55-57(49)58-51-36-44(31-28-40(51)30-33-56(58)68-55)67-53-35-43-16-5-4-15-42(43)34-52(53)47-32-29-39-14-6-7-17-45(39)59(47)67/h1-36H. The van der Waals surface area contributed by atoms with Crippen LogP contribution in [-0.2, 0) is 0 Å². The molecule has 0 saturated carbocycles. The molecule has 0 atom stereocenters. The van der Waals surface area contributed by atoms with Crippen molar-refractivity contribution in [1.82, 2.24) is 19.5 Å². The van der Waals surface area contributed by atoms with Crippen molar-refractivity contribution in [2.75, 3.05) is 0 Å². The van der Waals surface area contributed by atoms with Crippen LogP contribution in [-0.4, -0.2) is 19.5 Å². The Kier molecular flexibility index (Phi) is 7.97. The van der Waals surface area contributed by atoms with Gasteiger partial charge in [0.2, 0.25) is 0 Å². The lowest BCUT2D eigenvalue weighted by atomic mass is 9.99. The molecule has 69 heavy (non-hydrogen) atoms. The summed E-state index contributed by atoms with van der Waals surface area (Å²) in [7, 11) is 0. The summed E-state index contributed by atoms with van der Waals surface area (Å²) in [6.07, 6.45) is 0. The van der Waals surface area contributed by atoms with Crippen molar-refractivity contribution in [3.8, 4) is 51.0 Å². The summed E-state index contributed by atoms with van der Waals surface area (Å²) in [6, 6.07) is 76.9. The van der Waals surface area contributed by atoms with Crippen LogP contribution >= 0.6 is 0 Å². The molecule has 0 aliphatic carbocycles. The smallest absolute Gasteiger partial charge is 0.167 e. The van der Waals surface area contributed by atoms with E-state index in [0.717, 1.165) is 93.7 Å². The summed E-state index contributed by atoms with van der Waals surface area (Å²) in [4.78, 5) is 15.9. The van der Waals surface area contributed by atoms with Crippen LogP contribution in [0.15, 0.2) is 227 Å². The molecule has 0 saturated heterocycles. The Morgan fingerprint density at radius 2 is 0.928 bits per heavy atom. The van der Waals surface area contributed by atoms with Crippen LogP contribution in [0.25, 0.3) is 149 Å². The zero-order valence-electron chi connectivity index (χ0n) is 36.9. The molecule has 0 amide bonds. The van der Waals surface area contributed by atoms with Crippen molar-refractivity contribution in [2.24, 2.45) is 0 Å². The highest BCUT2D eigenvalue weighted by Crippen LogP contribution is 2.44. The predicted molar refractivity (Wildman–Crippen MR) is 283 cm³/mol. The third kappa shape index (κ3) is 5.76. The highest BCUT2D eigenvalue weighted by Gasteiger charge is 2.23. The fourth-order valence-corrected chi connectivity index (χ4v) is 10.8. The van der Waals surface area contributed by atoms with Gasteiger partial charge in [0.1, 0.15) is 22.3 Å². The lowest BCUT2D eigenvalue weighted by Gasteiger charge is -2.12. The van der Waals surface area contributed by atoms with Crippen molar-refractivity contribution in [3.05, 3.63) is 218 Å². The monoisotopic (exact) mass is 880 g/mol. The molecule has 320 valence electrons. The fourth-order valence-electron chi connectivity index (χ4n) is 10.8. The Morgan fingerprint density at radius 1 is 0.319 bits per heavy atom. The topological polar surface area (TPSA) is 69.9 Å². The van der Waals surface area contributed by atoms with Crippen LogP contribution in [0.5, 0.6) is 0 Å². The number of para-hydroxylation sites is 2. The van der Waals surface area contributed by atoms with Gasteiger partial charge in [-0.3, -0.25) is 0 Å². The quantitative estimate of drug-likeness (QED) is 0.172. The van der Waals surface area contributed by atoms with Gasteiger partial charge < -0.3 is 13.4 Å². The Balaban J connectivity index is 0.986. The average molecular weight is 881 g/mol. The molecule has 0 fully saturated rings. The largest absolute Gasteiger partial charge is 0.456 e. The zero-order valence-corrected chi connectivity index (χ0v) is 36.9. The summed E-state index contributed by atoms with van der Waals surface area (Å²) >= 11 is 0. The van der Waals surface area contributed by atoms with E-state index in [0.29, 0.717) is 17.5 Å². The molecule has 0 aliphatic heterocycles. The van der Waals surface area contributed by atoms with E-state index in [1.807, 2.05) is 48.5 Å². The number of nitrogens with zero attached hydrogens (tertiary/aromatic N) is 4. The molecule has 0 bridgehead atoms. The number of rotatable bonds is 5. The molecule has 4 heterocycles. The van der Waals surface area contributed by atoms with Crippen molar-refractivity contribution >= 4 is 98.0 Å². The van der Waals surface area contributed by atoms with Crippen molar-refractivity contribution in [2.45, 2.75) is 0 Å². The van der Waals surface area contributed by atoms with E-state index in [1.165, 1.54) is 37.8 Å². The number of benzene rings is 11. The Morgan fingerprint density at radius 3 is 1.80 bits per heavy atom. The number of hydrogen-bond donors (Lipinski definition) is 0. The zero-order chi connectivity index (χ0) is 45.2. The number of aromatic nitrogens is 4. The minimum atomic E-state index is 0.523. The summed E-state index contributed by atoms with van der Waals surface area (Å²) in [6.45, 7) is 0. The van der Waals surface area contributed by atoms with Crippen molar-refractivity contribution in [1.29, 1.82) is 0 Å². The summed E-state index contributed by atoms with van der Waals surface area (Å²) in [5.74, 6) is 1.62. The third-order valence-electron chi connectivity index (χ3n) is 14.0. The molecule has 15 aromatic rings. The van der Waals surface area contributed by atoms with Crippen LogP contribution in [0.1, 0.15) is 0 Å². The number of hydrogen-bond acceptors (Lipinski definition) is 5. The van der Waals surface area contributed by atoms with Gasteiger partial charge in [0.25, 0.3) is 0 Å². The average Bonchev–Trinajstić information content (AvgIpc) is 4.10. The molecule has 0 radical (unpaired) electrons. The van der Waals surface area contributed by atoms with E-state index < -0.39 is 0 Å². The van der Waals surface area contributed by atoms with E-state index in [2.05, 4.69) is 174 Å². The highest BCUT2D eigenvalue weighted by molar-refractivity contribution is 6.24. The second-order valence-electron chi connectivity index (χ2n) is 17.9. The van der Waals surface area contributed by atoms with Gasteiger partial charge in [0.05, 0.1) is 16.6 Å². The molecule has 0 spiro atoms. The highest BCUT2D eigenvalue weighted by atomic mass is 16.3. The molecule has 6 nitrogen and oxygen atoms in total. The van der Waals surface area contributed by atoms with Crippen molar-refractivity contribution < 1.29 is 8.83 Å². The molecule has 11 aromatic carbocycles. The molecule has 0 aliphatic rings. The molecule has 4 aromatic heterocycles. The van der Waals surface area contributed by atoms with E-state index in [1.54, 1.807) is 0 Å². The van der Waals surface area contributed by atoms with E-state index >= 15 is 0 Å². The molecule has 15 rings (SSSR count). The van der Waals surface area contributed by atoms with Gasteiger partial charge in [0.15, 0.2) is 17.5 Å². The van der Waals surface area contributed by atoms with Gasteiger partial charge in [-0.1, -0.05) is 170 Å². The van der Waals surface area contributed by atoms with E-state index in [9.17, 15) is 0 Å². The number of fused-ring (bicyclic) bond motifs is 14. The minimum Gasteiger partial charge on any atom is -0.456 e. The van der Waals surface area contributed by atoms with Crippen molar-refractivity contribution in [3.63, 3.8) is 0 Å². The number of furan rings is 2. The maximum absolute atomic E-state index is 6.78. The first-order chi connectivity index (χ1) is 34.2. The van der Waals surface area contributed by atoms with Crippen LogP contribution in [0.3, 0.4) is 0 Å². The third-order valence-corrected chi connectivity index (χ3v) is 14.0. The van der Waals surface area contributed by atoms with E-state index in [-0.39, 0.29) is 0 Å². The van der Waals surface area contributed by atoms with Gasteiger partial charge in [-0.25, -0.2) is 15.0 Å². The summed E-state index contributed by atoms with van der Waals surface area (Å²) in [5, 5.41) is 13.5. The predicted octanol–water partition coefficient (Wildman–Crippen LogP) is 16.9. The van der Waals surface area contributed by atoms with Gasteiger partial charge in [-0.15, -0.1) is 0 Å².